The maximum Gasteiger partial charge on any atom is 0.272 e. The molecule has 0 atom stereocenters. The summed E-state index contributed by atoms with van der Waals surface area (Å²) in [6.45, 7) is 3.42. The molecule has 5 aromatic rings. The summed E-state index contributed by atoms with van der Waals surface area (Å²) in [5.74, 6) is 0.339. The predicted octanol–water partition coefficient (Wildman–Crippen LogP) is 3.39. The molecule has 1 aliphatic carbocycles. The van der Waals surface area contributed by atoms with Crippen LogP contribution in [0.25, 0.3) is 33.5 Å². The lowest BCUT2D eigenvalue weighted by molar-refractivity contribution is -0.00951. The topological polar surface area (TPSA) is 112 Å². The van der Waals surface area contributed by atoms with E-state index in [4.69, 9.17) is 31.2 Å². The molecule has 0 spiro atoms. The number of hydrogen-bond donors (Lipinski definition) is 1. The van der Waals surface area contributed by atoms with Crippen molar-refractivity contribution in [2.75, 3.05) is 33.4 Å². The first-order valence-electron chi connectivity index (χ1n) is 13.2. The second-order valence-corrected chi connectivity index (χ2v) is 10.5. The fourth-order valence-corrected chi connectivity index (χ4v) is 5.71. The number of carbonyl (C=O) groups is 1. The lowest BCUT2D eigenvalue weighted by atomic mass is 9.85. The average molecular weight is 559 g/mol. The van der Waals surface area contributed by atoms with Crippen molar-refractivity contribution < 1.29 is 14.3 Å². The number of pyridine rings is 1. The smallest absolute Gasteiger partial charge is 0.272 e. The van der Waals surface area contributed by atoms with Gasteiger partial charge >= 0.3 is 0 Å². The molecule has 1 aromatic carbocycles. The van der Waals surface area contributed by atoms with Crippen molar-refractivity contribution in [2.45, 2.75) is 24.9 Å². The van der Waals surface area contributed by atoms with E-state index in [1.165, 1.54) is 0 Å². The number of nitrogens with zero attached hydrogens (tertiary/aromatic N) is 7. The Hall–Kier alpha value is -4.06. The Labute approximate surface area is 234 Å². The van der Waals surface area contributed by atoms with Crippen LogP contribution in [0.15, 0.2) is 55.1 Å². The van der Waals surface area contributed by atoms with Crippen LogP contribution in [0.3, 0.4) is 0 Å². The predicted molar refractivity (Wildman–Crippen MR) is 149 cm³/mol. The Morgan fingerprint density at radius 1 is 1.15 bits per heavy atom. The van der Waals surface area contributed by atoms with Crippen molar-refractivity contribution >= 4 is 34.1 Å². The molecule has 40 heavy (non-hydrogen) atoms. The summed E-state index contributed by atoms with van der Waals surface area (Å²) in [6.07, 6.45) is 8.79. The highest BCUT2D eigenvalue weighted by atomic mass is 35.5. The van der Waals surface area contributed by atoms with Gasteiger partial charge < -0.3 is 14.8 Å². The Balaban J connectivity index is 1.26. The fraction of sp³-hybridized carbons (Fsp3) is 0.321. The second kappa shape index (κ2) is 10.2. The van der Waals surface area contributed by atoms with E-state index in [0.29, 0.717) is 50.4 Å². The first kappa shape index (κ1) is 24.9. The van der Waals surface area contributed by atoms with Gasteiger partial charge in [0, 0.05) is 48.8 Å². The van der Waals surface area contributed by atoms with E-state index in [1.54, 1.807) is 53.1 Å². The zero-order chi connectivity index (χ0) is 27.2. The van der Waals surface area contributed by atoms with Crippen LogP contribution in [-0.2, 0) is 4.74 Å². The number of amides is 1. The van der Waals surface area contributed by atoms with Crippen LogP contribution < -0.4 is 10.1 Å². The first-order chi connectivity index (χ1) is 19.6. The van der Waals surface area contributed by atoms with Gasteiger partial charge in [0.1, 0.15) is 11.4 Å². The van der Waals surface area contributed by atoms with Crippen molar-refractivity contribution in [3.63, 3.8) is 0 Å². The molecule has 0 bridgehead atoms. The van der Waals surface area contributed by atoms with E-state index < -0.39 is 0 Å². The summed E-state index contributed by atoms with van der Waals surface area (Å²) in [7, 11) is 1.59. The van der Waals surface area contributed by atoms with Gasteiger partial charge in [-0.05, 0) is 43.2 Å². The molecule has 4 aromatic heterocycles. The van der Waals surface area contributed by atoms with Crippen molar-refractivity contribution in [1.29, 1.82) is 0 Å². The van der Waals surface area contributed by atoms with Gasteiger partial charge in [0.25, 0.3) is 5.91 Å². The van der Waals surface area contributed by atoms with Crippen LogP contribution in [-0.4, -0.2) is 85.7 Å². The minimum Gasteiger partial charge on any atom is -0.494 e. The molecule has 5 heterocycles. The summed E-state index contributed by atoms with van der Waals surface area (Å²) in [5, 5.41) is 13.5. The molecule has 1 N–H and O–H groups in total. The number of methoxy groups -OCH3 is 1. The van der Waals surface area contributed by atoms with Crippen molar-refractivity contribution in [2.24, 2.45) is 0 Å². The standard InChI is InChI=1S/C28H27ClN8O3/c1-39-25-4-3-17(29)11-24(25)37-23-14-22(20-16-32-36-6-2-5-30-27(20)36)31-15-21(23)26(34-37)28(38)33-18-12-19(13-18)35-7-9-40-10-8-35/h2-6,11,14-16,18-19H,7-10,12-13H2,1H3,(H,33,38). The number of fused-ring (bicyclic) bond motifs is 2. The molecule has 2 fully saturated rings. The number of morpholine rings is 1. The van der Waals surface area contributed by atoms with E-state index in [9.17, 15) is 4.79 Å². The summed E-state index contributed by atoms with van der Waals surface area (Å²) in [5.41, 5.74) is 3.70. The Morgan fingerprint density at radius 2 is 2.00 bits per heavy atom. The van der Waals surface area contributed by atoms with Gasteiger partial charge in [-0.25, -0.2) is 14.2 Å². The number of rotatable bonds is 6. The highest BCUT2D eigenvalue weighted by Crippen LogP contribution is 2.33. The van der Waals surface area contributed by atoms with Crippen LogP contribution in [0.4, 0.5) is 0 Å². The lowest BCUT2D eigenvalue weighted by Gasteiger charge is -2.44. The second-order valence-electron chi connectivity index (χ2n) is 10.1. The SMILES string of the molecule is COc1ccc(Cl)cc1-n1nc(C(=O)NC2CC(N3CCOCC3)C2)c2cnc(-c3cnn4cccnc34)cc21. The fourth-order valence-electron chi connectivity index (χ4n) is 5.55. The van der Waals surface area contributed by atoms with Gasteiger partial charge in [-0.1, -0.05) is 11.6 Å². The van der Waals surface area contributed by atoms with Gasteiger partial charge in [0.2, 0.25) is 0 Å². The molecule has 1 amide bonds. The molecule has 7 rings (SSSR count). The molecule has 0 radical (unpaired) electrons. The van der Waals surface area contributed by atoms with E-state index >= 15 is 0 Å². The van der Waals surface area contributed by atoms with Crippen LogP contribution in [0.1, 0.15) is 23.3 Å². The maximum absolute atomic E-state index is 13.6. The van der Waals surface area contributed by atoms with Crippen molar-refractivity contribution in [3.8, 4) is 22.7 Å². The molecule has 1 saturated carbocycles. The molecule has 11 nitrogen and oxygen atoms in total. The van der Waals surface area contributed by atoms with E-state index in [1.807, 2.05) is 18.3 Å². The number of carbonyl (C=O) groups excluding carboxylic acids is 1. The molecule has 1 saturated heterocycles. The minimum atomic E-state index is -0.234. The normalized spacial score (nSPS) is 19.6. The molecule has 2 aliphatic rings. The molecular weight excluding hydrogens is 532 g/mol. The van der Waals surface area contributed by atoms with Gasteiger partial charge in [0.15, 0.2) is 11.3 Å². The number of hydrogen-bond acceptors (Lipinski definition) is 8. The number of aromatic nitrogens is 6. The number of halogens is 1. The van der Waals surface area contributed by atoms with Gasteiger partial charge in [0.05, 0.1) is 48.7 Å². The quantitative estimate of drug-likeness (QED) is 0.338. The zero-order valence-corrected chi connectivity index (χ0v) is 22.6. The number of benzene rings is 1. The van der Waals surface area contributed by atoms with Crippen LogP contribution in [0.5, 0.6) is 5.75 Å². The number of ether oxygens (including phenoxy) is 2. The third-order valence-corrected chi connectivity index (χ3v) is 7.95. The summed E-state index contributed by atoms with van der Waals surface area (Å²) in [6, 6.07) is 9.58. The summed E-state index contributed by atoms with van der Waals surface area (Å²) < 4.78 is 14.5. The highest BCUT2D eigenvalue weighted by Gasteiger charge is 2.36. The summed E-state index contributed by atoms with van der Waals surface area (Å²) >= 11 is 6.38. The lowest BCUT2D eigenvalue weighted by Crippen LogP contribution is -2.56. The Morgan fingerprint density at radius 3 is 2.83 bits per heavy atom. The van der Waals surface area contributed by atoms with E-state index in [-0.39, 0.29) is 11.9 Å². The summed E-state index contributed by atoms with van der Waals surface area (Å²) in [4.78, 5) is 25.2. The van der Waals surface area contributed by atoms with Crippen molar-refractivity contribution in [3.05, 3.63) is 65.8 Å². The molecule has 12 heteroatoms. The third kappa shape index (κ3) is 4.36. The molecule has 204 valence electrons. The van der Waals surface area contributed by atoms with Crippen LogP contribution in [0.2, 0.25) is 5.02 Å². The molecule has 1 aliphatic heterocycles. The van der Waals surface area contributed by atoms with Crippen molar-refractivity contribution in [1.82, 2.24) is 39.6 Å². The number of nitrogens with one attached hydrogen (secondary N) is 1. The highest BCUT2D eigenvalue weighted by molar-refractivity contribution is 6.30. The van der Waals surface area contributed by atoms with Gasteiger partial charge in [-0.3, -0.25) is 14.7 Å². The monoisotopic (exact) mass is 558 g/mol. The van der Waals surface area contributed by atoms with Crippen LogP contribution >= 0.6 is 11.6 Å². The van der Waals surface area contributed by atoms with Gasteiger partial charge in [-0.2, -0.15) is 10.2 Å². The van der Waals surface area contributed by atoms with E-state index in [2.05, 4.69) is 20.3 Å². The molecular formula is C28H27ClN8O3. The van der Waals surface area contributed by atoms with Crippen LogP contribution in [0, 0.1) is 0 Å². The minimum absolute atomic E-state index is 0.0957. The first-order valence-corrected chi connectivity index (χ1v) is 13.6. The Kier molecular flexibility index (Phi) is 6.34. The average Bonchev–Trinajstić information content (AvgIpc) is 3.57. The molecule has 0 unspecified atom stereocenters. The largest absolute Gasteiger partial charge is 0.494 e. The zero-order valence-electron chi connectivity index (χ0n) is 21.8. The van der Waals surface area contributed by atoms with E-state index in [0.717, 1.165) is 44.7 Å². The Bertz CT molecular complexity index is 1720. The van der Waals surface area contributed by atoms with Gasteiger partial charge in [-0.15, -0.1) is 0 Å². The third-order valence-electron chi connectivity index (χ3n) is 7.72. The maximum atomic E-state index is 13.6.